The van der Waals surface area contributed by atoms with Crippen molar-refractivity contribution in [2.24, 2.45) is 5.92 Å². The van der Waals surface area contributed by atoms with Crippen LogP contribution in [0.2, 0.25) is 0 Å². The van der Waals surface area contributed by atoms with Crippen LogP contribution in [-0.2, 0) is 28.6 Å². The summed E-state index contributed by atoms with van der Waals surface area (Å²) in [6, 6.07) is 0. The predicted octanol–water partition coefficient (Wildman–Crippen LogP) is 12.4. The van der Waals surface area contributed by atoms with E-state index in [-0.39, 0.29) is 31.0 Å². The van der Waals surface area contributed by atoms with Gasteiger partial charge in [0.25, 0.3) is 0 Å². The molecule has 1 heterocycles. The first-order chi connectivity index (χ1) is 27.2. The summed E-state index contributed by atoms with van der Waals surface area (Å²) in [6.07, 6.45) is 33.7. The Bertz CT molecular complexity index is 946. The van der Waals surface area contributed by atoms with Crippen LogP contribution in [0.25, 0.3) is 0 Å². The molecule has 0 aromatic carbocycles. The molecule has 0 spiro atoms. The van der Waals surface area contributed by atoms with Gasteiger partial charge in [-0.1, -0.05) is 155 Å². The molecule has 2 N–H and O–H groups in total. The third-order valence-corrected chi connectivity index (χ3v) is 11.4. The highest BCUT2D eigenvalue weighted by atomic mass is 16.7. The van der Waals surface area contributed by atoms with Gasteiger partial charge >= 0.3 is 24.1 Å². The zero-order valence-electron chi connectivity index (χ0n) is 36.1. The summed E-state index contributed by atoms with van der Waals surface area (Å²) in [5.41, 5.74) is 0. The van der Waals surface area contributed by atoms with Gasteiger partial charge in [0.15, 0.2) is 0 Å². The molecule has 0 radical (unpaired) electrons. The molecule has 0 aromatic rings. The van der Waals surface area contributed by atoms with E-state index in [9.17, 15) is 19.2 Å². The average molecular weight is 796 g/mol. The number of hydrogen-bond acceptors (Lipinski definition) is 8. The number of likely N-dealkylation sites (N-methyl/N-ethyl adjacent to an activating group) is 1. The molecule has 2 atom stereocenters. The number of likely N-dealkylation sites (tertiary alicyclic amines) is 1. The summed E-state index contributed by atoms with van der Waals surface area (Å²) in [4.78, 5) is 48.9. The summed E-state index contributed by atoms with van der Waals surface area (Å²) in [6.45, 7) is 4.26. The van der Waals surface area contributed by atoms with Crippen molar-refractivity contribution in [1.82, 2.24) is 4.90 Å². The Labute approximate surface area is 341 Å². The third-order valence-electron chi connectivity index (χ3n) is 11.4. The summed E-state index contributed by atoms with van der Waals surface area (Å²) >= 11 is 0. The Balaban J connectivity index is 2.37. The molecule has 1 fully saturated rings. The van der Waals surface area contributed by atoms with Gasteiger partial charge in [-0.05, 0) is 64.3 Å². The van der Waals surface area contributed by atoms with Crippen molar-refractivity contribution in [1.29, 1.82) is 0 Å². The lowest BCUT2D eigenvalue weighted by atomic mass is 9.89. The number of rotatable bonds is 40. The Hall–Kier alpha value is -2.36. The van der Waals surface area contributed by atoms with Gasteiger partial charge in [-0.2, -0.15) is 0 Å². The molecule has 0 bridgehead atoms. The second-order valence-corrected chi connectivity index (χ2v) is 16.8. The molecular formula is C46H85NO9. The number of hydrogen-bond donors (Lipinski definition) is 2. The summed E-state index contributed by atoms with van der Waals surface area (Å²) < 4.78 is 17.0. The van der Waals surface area contributed by atoms with Crippen LogP contribution in [0.4, 0.5) is 4.79 Å². The van der Waals surface area contributed by atoms with E-state index in [1.54, 1.807) is 0 Å². The minimum Gasteiger partial charge on any atom is -0.481 e. The molecule has 0 saturated carbocycles. The van der Waals surface area contributed by atoms with Crippen LogP contribution in [0.1, 0.15) is 225 Å². The number of carbonyl (C=O) groups is 4. The number of esters is 1. The van der Waals surface area contributed by atoms with E-state index in [2.05, 4.69) is 11.8 Å². The van der Waals surface area contributed by atoms with Crippen molar-refractivity contribution < 1.29 is 43.6 Å². The maximum Gasteiger partial charge on any atom is 0.508 e. The van der Waals surface area contributed by atoms with Gasteiger partial charge in [0.1, 0.15) is 12.2 Å². The van der Waals surface area contributed by atoms with Crippen LogP contribution in [0.3, 0.4) is 0 Å². The number of unbranched alkanes of at least 4 members (excludes halogenated alkanes) is 20. The quantitative estimate of drug-likeness (QED) is 0.0455. The number of carboxylic acid groups (broad SMARTS) is 2. The zero-order chi connectivity index (χ0) is 40.9. The highest BCUT2D eigenvalue weighted by Crippen LogP contribution is 2.25. The smallest absolute Gasteiger partial charge is 0.481 e. The van der Waals surface area contributed by atoms with Crippen LogP contribution < -0.4 is 0 Å². The van der Waals surface area contributed by atoms with Gasteiger partial charge in [-0.3, -0.25) is 14.4 Å². The van der Waals surface area contributed by atoms with Gasteiger partial charge in [-0.25, -0.2) is 4.79 Å². The Morgan fingerprint density at radius 1 is 0.571 bits per heavy atom. The Kier molecular flexibility index (Phi) is 34.1. The van der Waals surface area contributed by atoms with E-state index in [4.69, 9.17) is 24.4 Å². The molecular weight excluding hydrogens is 711 g/mol. The second-order valence-electron chi connectivity index (χ2n) is 16.8. The van der Waals surface area contributed by atoms with Crippen molar-refractivity contribution in [3.8, 4) is 0 Å². The number of carboxylic acids is 2. The van der Waals surface area contributed by atoms with Crippen LogP contribution in [0.15, 0.2) is 0 Å². The summed E-state index contributed by atoms with van der Waals surface area (Å²) in [7, 11) is 2.03. The predicted molar refractivity (Wildman–Crippen MR) is 225 cm³/mol. The Morgan fingerprint density at radius 3 is 1.48 bits per heavy atom. The fraction of sp³-hybridized carbons (Fsp3) is 0.913. The minimum atomic E-state index is -0.710. The number of ether oxygens (including phenoxy) is 3. The first-order valence-electron chi connectivity index (χ1n) is 23.3. The third kappa shape index (κ3) is 33.7. The second kappa shape index (κ2) is 36.9. The molecule has 10 heteroatoms. The number of carbonyl (C=O) groups excluding carboxylic acids is 2. The van der Waals surface area contributed by atoms with Crippen LogP contribution in [0.5, 0.6) is 0 Å². The molecule has 1 saturated heterocycles. The van der Waals surface area contributed by atoms with E-state index < -0.39 is 18.1 Å². The fourth-order valence-electron chi connectivity index (χ4n) is 7.95. The first-order valence-corrected chi connectivity index (χ1v) is 23.3. The fourth-order valence-corrected chi connectivity index (χ4v) is 7.95. The molecule has 0 aromatic heterocycles. The van der Waals surface area contributed by atoms with E-state index in [1.165, 1.54) is 89.9 Å². The van der Waals surface area contributed by atoms with Crippen molar-refractivity contribution >= 4 is 24.1 Å². The van der Waals surface area contributed by atoms with Crippen LogP contribution in [0, 0.1) is 5.92 Å². The van der Waals surface area contributed by atoms with E-state index in [1.807, 2.05) is 7.05 Å². The molecule has 1 rings (SSSR count). The van der Waals surface area contributed by atoms with E-state index in [0.29, 0.717) is 31.8 Å². The molecule has 0 aliphatic carbocycles. The van der Waals surface area contributed by atoms with Crippen LogP contribution >= 0.6 is 0 Å². The molecule has 56 heavy (non-hydrogen) atoms. The van der Waals surface area contributed by atoms with Gasteiger partial charge < -0.3 is 29.3 Å². The number of nitrogens with zero attached hydrogens (tertiary/aromatic N) is 1. The highest BCUT2D eigenvalue weighted by Gasteiger charge is 2.25. The molecule has 1 aliphatic heterocycles. The monoisotopic (exact) mass is 796 g/mol. The lowest BCUT2D eigenvalue weighted by Gasteiger charge is -2.19. The van der Waals surface area contributed by atoms with Gasteiger partial charge in [0.2, 0.25) is 0 Å². The van der Waals surface area contributed by atoms with Crippen molar-refractivity contribution in [2.45, 2.75) is 237 Å². The van der Waals surface area contributed by atoms with E-state index in [0.717, 1.165) is 109 Å². The molecule has 328 valence electrons. The zero-order valence-corrected chi connectivity index (χ0v) is 36.1. The Morgan fingerprint density at radius 2 is 1.00 bits per heavy atom. The van der Waals surface area contributed by atoms with Crippen molar-refractivity contribution in [3.63, 3.8) is 0 Å². The van der Waals surface area contributed by atoms with Crippen molar-refractivity contribution in [2.75, 3.05) is 26.7 Å². The molecule has 1 aliphatic rings. The van der Waals surface area contributed by atoms with Gasteiger partial charge in [0.05, 0.1) is 6.61 Å². The van der Waals surface area contributed by atoms with Crippen LogP contribution in [-0.4, -0.2) is 78.1 Å². The van der Waals surface area contributed by atoms with Gasteiger partial charge in [-0.15, -0.1) is 0 Å². The maximum absolute atomic E-state index is 12.6. The topological polar surface area (TPSA) is 140 Å². The standard InChI is InChI=1S/C46H85NO9/c1-3-4-5-6-7-8-9-10-17-22-31-41(55-46(53)56-42-36-37-47(2)39-42)32-27-38-54-45(52)35-26-25-30-40(28-20-15-11-13-18-23-33-43(48)49)29-21-16-12-14-19-24-34-44(50)51/h40-42H,3-39H2,1-2H3,(H,48,49)(H,50,51)/t41?,42-/m1/s1. The number of aliphatic carboxylic acids is 2. The van der Waals surface area contributed by atoms with Crippen molar-refractivity contribution in [3.05, 3.63) is 0 Å². The lowest BCUT2D eigenvalue weighted by Crippen LogP contribution is -2.26. The van der Waals surface area contributed by atoms with E-state index >= 15 is 0 Å². The minimum absolute atomic E-state index is 0.108. The highest BCUT2D eigenvalue weighted by molar-refractivity contribution is 5.69. The van der Waals surface area contributed by atoms with Gasteiger partial charge in [0, 0.05) is 32.4 Å². The molecule has 0 amide bonds. The lowest BCUT2D eigenvalue weighted by molar-refractivity contribution is -0.144. The summed E-state index contributed by atoms with van der Waals surface area (Å²) in [5, 5.41) is 17.7. The maximum atomic E-state index is 12.6. The first kappa shape index (κ1) is 51.7. The largest absolute Gasteiger partial charge is 0.508 e. The SMILES string of the molecule is CCCCCCCCCCCCC(CCCOC(=O)CCCCC(CCCCCCCCC(=O)O)CCCCCCCCC(=O)O)OC(=O)O[C@@H]1CCN(C)C1. The molecule has 1 unspecified atom stereocenters. The normalized spacial score (nSPS) is 14.9. The molecule has 10 nitrogen and oxygen atoms in total. The summed E-state index contributed by atoms with van der Waals surface area (Å²) in [5.74, 6) is -0.917. The average Bonchev–Trinajstić information content (AvgIpc) is 3.57.